The van der Waals surface area contributed by atoms with Gasteiger partial charge in [0.2, 0.25) is 5.91 Å². The van der Waals surface area contributed by atoms with Crippen molar-refractivity contribution in [1.29, 1.82) is 0 Å². The number of carbonyl (C=O) groups is 1. The van der Waals surface area contributed by atoms with Crippen molar-refractivity contribution in [3.05, 3.63) is 29.8 Å². The molecule has 1 heterocycles. The number of nitrogens with one attached hydrogen (secondary N) is 1. The number of amides is 1. The summed E-state index contributed by atoms with van der Waals surface area (Å²) in [6, 6.07) is 6.94. The lowest BCUT2D eigenvalue weighted by Crippen LogP contribution is -2.34. The molecule has 1 aliphatic rings. The topological polar surface area (TPSA) is 78.6 Å². The summed E-state index contributed by atoms with van der Waals surface area (Å²) in [7, 11) is 0. The zero-order chi connectivity index (χ0) is 13.7. The van der Waals surface area contributed by atoms with Crippen LogP contribution in [0.4, 0.5) is 5.69 Å². The highest BCUT2D eigenvalue weighted by Gasteiger charge is 2.15. The third-order valence-electron chi connectivity index (χ3n) is 3.38. The number of nitrogens with two attached hydrogens (primary N) is 1. The van der Waals surface area contributed by atoms with E-state index >= 15 is 0 Å². The summed E-state index contributed by atoms with van der Waals surface area (Å²) in [6.07, 6.45) is 2.08. The summed E-state index contributed by atoms with van der Waals surface area (Å²) < 4.78 is 0. The van der Waals surface area contributed by atoms with Gasteiger partial charge in [-0.2, -0.15) is 0 Å². The lowest BCUT2D eigenvalue weighted by atomic mass is 10.2. The maximum Gasteiger partial charge on any atom is 0.248 e. The van der Waals surface area contributed by atoms with E-state index in [1.807, 2.05) is 0 Å². The van der Waals surface area contributed by atoms with Crippen LogP contribution in [0, 0.1) is 0 Å². The van der Waals surface area contributed by atoms with Gasteiger partial charge in [0.25, 0.3) is 0 Å². The standard InChI is InChI=1S/C14H21N3O2/c15-14(19)11-3-5-12(6-4-11)16-9-13(18)10-17-7-1-2-8-17/h3-6,13,16,18H,1-2,7-10H2,(H2,15,19). The average molecular weight is 263 g/mol. The molecule has 0 aliphatic carbocycles. The van der Waals surface area contributed by atoms with Crippen molar-refractivity contribution < 1.29 is 9.90 Å². The molecule has 0 aromatic heterocycles. The number of aliphatic hydroxyl groups excluding tert-OH is 1. The highest BCUT2D eigenvalue weighted by molar-refractivity contribution is 5.93. The van der Waals surface area contributed by atoms with Crippen molar-refractivity contribution >= 4 is 11.6 Å². The molecule has 1 amide bonds. The van der Waals surface area contributed by atoms with E-state index in [1.54, 1.807) is 24.3 Å². The molecule has 0 radical (unpaired) electrons. The third-order valence-corrected chi connectivity index (χ3v) is 3.38. The minimum Gasteiger partial charge on any atom is -0.390 e. The van der Waals surface area contributed by atoms with Crippen LogP contribution in [-0.2, 0) is 0 Å². The Bertz CT molecular complexity index is 413. The number of hydrogen-bond donors (Lipinski definition) is 3. The minimum atomic E-state index is -0.430. The Morgan fingerprint density at radius 2 is 1.95 bits per heavy atom. The van der Waals surface area contributed by atoms with Gasteiger partial charge in [-0.1, -0.05) is 0 Å². The zero-order valence-corrected chi connectivity index (χ0v) is 11.0. The highest BCUT2D eigenvalue weighted by atomic mass is 16.3. The third kappa shape index (κ3) is 4.22. The molecule has 1 saturated heterocycles. The number of aliphatic hydroxyl groups is 1. The van der Waals surface area contributed by atoms with Crippen LogP contribution < -0.4 is 11.1 Å². The summed E-state index contributed by atoms with van der Waals surface area (Å²) in [4.78, 5) is 13.2. The first kappa shape index (κ1) is 13.8. The molecule has 0 spiro atoms. The van der Waals surface area contributed by atoms with Crippen molar-refractivity contribution in [2.45, 2.75) is 18.9 Å². The van der Waals surface area contributed by atoms with Crippen LogP contribution in [0.25, 0.3) is 0 Å². The lowest BCUT2D eigenvalue weighted by molar-refractivity contribution is 0.1000. The second kappa shape index (κ2) is 6.54. The molecule has 0 bridgehead atoms. The number of β-amino-alcohol motifs (C(OH)–C–C–N with tert-alkyl or cyclic N) is 1. The number of hydrogen-bond acceptors (Lipinski definition) is 4. The van der Waals surface area contributed by atoms with E-state index < -0.39 is 5.91 Å². The van der Waals surface area contributed by atoms with Crippen LogP contribution in [0.2, 0.25) is 0 Å². The first-order chi connectivity index (χ1) is 9.15. The summed E-state index contributed by atoms with van der Waals surface area (Å²) in [5.41, 5.74) is 6.54. The van der Waals surface area contributed by atoms with E-state index in [0.29, 0.717) is 18.7 Å². The number of rotatable bonds is 6. The second-order valence-corrected chi connectivity index (χ2v) is 4.98. The van der Waals surface area contributed by atoms with Crippen LogP contribution >= 0.6 is 0 Å². The predicted molar refractivity (Wildman–Crippen MR) is 75.1 cm³/mol. The van der Waals surface area contributed by atoms with Gasteiger partial charge in [-0.15, -0.1) is 0 Å². The van der Waals surface area contributed by atoms with Crippen LogP contribution in [0.15, 0.2) is 24.3 Å². The Kier molecular flexibility index (Phi) is 4.76. The van der Waals surface area contributed by atoms with E-state index in [2.05, 4.69) is 10.2 Å². The van der Waals surface area contributed by atoms with Gasteiger partial charge in [-0.3, -0.25) is 4.79 Å². The van der Waals surface area contributed by atoms with E-state index in [1.165, 1.54) is 12.8 Å². The summed E-state index contributed by atoms with van der Waals surface area (Å²) >= 11 is 0. The fraction of sp³-hybridized carbons (Fsp3) is 0.500. The molecule has 0 saturated carbocycles. The lowest BCUT2D eigenvalue weighted by Gasteiger charge is -2.20. The molecule has 104 valence electrons. The van der Waals surface area contributed by atoms with Gasteiger partial charge in [-0.05, 0) is 50.2 Å². The van der Waals surface area contributed by atoms with Crippen LogP contribution in [0.1, 0.15) is 23.2 Å². The Hall–Kier alpha value is -1.59. The molecule has 2 rings (SSSR count). The Morgan fingerprint density at radius 3 is 2.53 bits per heavy atom. The molecule has 5 heteroatoms. The van der Waals surface area contributed by atoms with Gasteiger partial charge in [-0.25, -0.2) is 0 Å². The van der Waals surface area contributed by atoms with E-state index in [4.69, 9.17) is 5.73 Å². The maximum absolute atomic E-state index is 10.9. The smallest absolute Gasteiger partial charge is 0.248 e. The number of anilines is 1. The fourth-order valence-corrected chi connectivity index (χ4v) is 2.32. The van der Waals surface area contributed by atoms with E-state index in [0.717, 1.165) is 18.8 Å². The molecule has 19 heavy (non-hydrogen) atoms. The quantitative estimate of drug-likeness (QED) is 0.704. The monoisotopic (exact) mass is 263 g/mol. The largest absolute Gasteiger partial charge is 0.390 e. The van der Waals surface area contributed by atoms with Gasteiger partial charge < -0.3 is 21.1 Å². The number of benzene rings is 1. The molecule has 1 atom stereocenters. The number of likely N-dealkylation sites (tertiary alicyclic amines) is 1. The number of nitrogens with zero attached hydrogens (tertiary/aromatic N) is 1. The number of carbonyl (C=O) groups excluding carboxylic acids is 1. The average Bonchev–Trinajstić information content (AvgIpc) is 2.89. The molecule has 1 fully saturated rings. The summed E-state index contributed by atoms with van der Waals surface area (Å²) in [5, 5.41) is 13.1. The second-order valence-electron chi connectivity index (χ2n) is 4.98. The maximum atomic E-state index is 10.9. The van der Waals surface area contributed by atoms with Crippen molar-refractivity contribution in [2.75, 3.05) is 31.5 Å². The Labute approximate surface area is 113 Å². The molecular weight excluding hydrogens is 242 g/mol. The van der Waals surface area contributed by atoms with Crippen molar-refractivity contribution in [2.24, 2.45) is 5.73 Å². The predicted octanol–water partition coefficient (Wildman–Crippen LogP) is 0.654. The highest BCUT2D eigenvalue weighted by Crippen LogP contribution is 2.10. The molecule has 1 unspecified atom stereocenters. The van der Waals surface area contributed by atoms with Gasteiger partial charge in [0.05, 0.1) is 6.10 Å². The van der Waals surface area contributed by atoms with Gasteiger partial charge in [0, 0.05) is 24.3 Å². The first-order valence-electron chi connectivity index (χ1n) is 6.69. The van der Waals surface area contributed by atoms with Crippen LogP contribution in [0.3, 0.4) is 0 Å². The summed E-state index contributed by atoms with van der Waals surface area (Å²) in [5.74, 6) is -0.430. The van der Waals surface area contributed by atoms with Gasteiger partial charge in [0.1, 0.15) is 0 Å². The van der Waals surface area contributed by atoms with E-state index in [9.17, 15) is 9.90 Å². The molecule has 4 N–H and O–H groups in total. The molecule has 1 aromatic rings. The molecule has 1 aromatic carbocycles. The fourth-order valence-electron chi connectivity index (χ4n) is 2.32. The van der Waals surface area contributed by atoms with Crippen LogP contribution in [0.5, 0.6) is 0 Å². The van der Waals surface area contributed by atoms with Crippen molar-refractivity contribution in [3.8, 4) is 0 Å². The van der Waals surface area contributed by atoms with E-state index in [-0.39, 0.29) is 6.10 Å². The molecular formula is C14H21N3O2. The van der Waals surface area contributed by atoms with Crippen molar-refractivity contribution in [3.63, 3.8) is 0 Å². The van der Waals surface area contributed by atoms with Crippen molar-refractivity contribution in [1.82, 2.24) is 4.90 Å². The van der Waals surface area contributed by atoms with Gasteiger partial charge >= 0.3 is 0 Å². The van der Waals surface area contributed by atoms with Crippen LogP contribution in [-0.4, -0.2) is 48.2 Å². The first-order valence-corrected chi connectivity index (χ1v) is 6.69. The number of primary amides is 1. The Morgan fingerprint density at radius 1 is 1.32 bits per heavy atom. The molecule has 5 nitrogen and oxygen atoms in total. The zero-order valence-electron chi connectivity index (χ0n) is 11.0. The summed E-state index contributed by atoms with van der Waals surface area (Å²) in [6.45, 7) is 3.40. The minimum absolute atomic E-state index is 0.381. The molecule has 1 aliphatic heterocycles. The SMILES string of the molecule is NC(=O)c1ccc(NCC(O)CN2CCCC2)cc1. The van der Waals surface area contributed by atoms with Gasteiger partial charge in [0.15, 0.2) is 0 Å². The normalized spacial score (nSPS) is 17.3. The Balaban J connectivity index is 1.76.